The van der Waals surface area contributed by atoms with E-state index in [1.54, 1.807) is 24.3 Å². The summed E-state index contributed by atoms with van der Waals surface area (Å²) in [6, 6.07) is 12.8. The van der Waals surface area contributed by atoms with Crippen molar-refractivity contribution < 1.29 is 13.6 Å². The van der Waals surface area contributed by atoms with Crippen molar-refractivity contribution in [2.75, 3.05) is 5.32 Å². The number of fused-ring (bicyclic) bond motifs is 1. The molecule has 0 aliphatic carbocycles. The summed E-state index contributed by atoms with van der Waals surface area (Å²) >= 11 is -2.06. The zero-order valence-electron chi connectivity index (χ0n) is 12.4. The van der Waals surface area contributed by atoms with Gasteiger partial charge in [0, 0.05) is 5.69 Å². The minimum Gasteiger partial charge on any atom is -0.325 e. The van der Waals surface area contributed by atoms with Gasteiger partial charge in [-0.3, -0.25) is 14.2 Å². The second-order valence-electron chi connectivity index (χ2n) is 5.02. The normalized spacial score (nSPS) is 12.0. The molecule has 0 fully saturated rings. The molecular formula is C16H13N3O4S. The monoisotopic (exact) mass is 343 g/mol. The number of nitrogens with zero attached hydrogens (tertiary/aromatic N) is 2. The molecule has 0 saturated heterocycles. The molecule has 2 N–H and O–H groups in total. The molecule has 0 aliphatic rings. The first-order valence-electron chi connectivity index (χ1n) is 6.99. The fourth-order valence-corrected chi connectivity index (χ4v) is 2.60. The zero-order chi connectivity index (χ0) is 17.1. The van der Waals surface area contributed by atoms with Crippen LogP contribution in [0.2, 0.25) is 0 Å². The van der Waals surface area contributed by atoms with Crippen LogP contribution in [0.25, 0.3) is 10.9 Å². The SMILES string of the molecule is O=C(Cn1cnc2ccccc2c1=O)Nc1ccc(S(=O)O)cc1. The molecule has 7 nitrogen and oxygen atoms in total. The number of carbonyl (C=O) groups excluding carboxylic acids is 1. The summed E-state index contributed by atoms with van der Waals surface area (Å²) in [5, 5.41) is 3.07. The van der Waals surface area contributed by atoms with E-state index in [-0.39, 0.29) is 17.0 Å². The van der Waals surface area contributed by atoms with Gasteiger partial charge in [0.05, 0.1) is 22.1 Å². The zero-order valence-corrected chi connectivity index (χ0v) is 13.2. The fraction of sp³-hybridized carbons (Fsp3) is 0.0625. The maximum absolute atomic E-state index is 12.3. The molecule has 0 radical (unpaired) electrons. The van der Waals surface area contributed by atoms with Gasteiger partial charge in [-0.25, -0.2) is 9.19 Å². The molecule has 1 unspecified atom stereocenters. The molecule has 0 aliphatic heterocycles. The molecule has 0 bridgehead atoms. The van der Waals surface area contributed by atoms with Crippen LogP contribution in [0.4, 0.5) is 5.69 Å². The van der Waals surface area contributed by atoms with Crippen molar-refractivity contribution in [1.29, 1.82) is 0 Å². The molecule has 1 heterocycles. The minimum atomic E-state index is -2.06. The maximum atomic E-state index is 12.3. The predicted octanol–water partition coefficient (Wildman–Crippen LogP) is 1.62. The van der Waals surface area contributed by atoms with Gasteiger partial charge in [0.2, 0.25) is 5.91 Å². The smallest absolute Gasteiger partial charge is 0.261 e. The molecule has 8 heteroatoms. The number of carbonyl (C=O) groups is 1. The summed E-state index contributed by atoms with van der Waals surface area (Å²) in [6.45, 7) is -0.176. The summed E-state index contributed by atoms with van der Waals surface area (Å²) in [5.74, 6) is -0.396. The first kappa shape index (κ1) is 16.0. The van der Waals surface area contributed by atoms with Crippen LogP contribution in [0.3, 0.4) is 0 Å². The third kappa shape index (κ3) is 3.39. The lowest BCUT2D eigenvalue weighted by molar-refractivity contribution is -0.116. The van der Waals surface area contributed by atoms with Gasteiger partial charge in [-0.05, 0) is 36.4 Å². The summed E-state index contributed by atoms with van der Waals surface area (Å²) in [6.07, 6.45) is 1.34. The number of nitrogens with one attached hydrogen (secondary N) is 1. The van der Waals surface area contributed by atoms with Crippen molar-refractivity contribution in [2.24, 2.45) is 0 Å². The average molecular weight is 343 g/mol. The topological polar surface area (TPSA) is 101 Å². The van der Waals surface area contributed by atoms with Crippen molar-refractivity contribution in [3.63, 3.8) is 0 Å². The van der Waals surface area contributed by atoms with E-state index in [0.29, 0.717) is 16.6 Å². The molecule has 1 atom stereocenters. The molecule has 2 aromatic carbocycles. The first-order valence-corrected chi connectivity index (χ1v) is 8.10. The van der Waals surface area contributed by atoms with Gasteiger partial charge in [0.25, 0.3) is 5.56 Å². The van der Waals surface area contributed by atoms with E-state index in [9.17, 15) is 13.8 Å². The highest BCUT2D eigenvalue weighted by molar-refractivity contribution is 7.79. The van der Waals surface area contributed by atoms with Crippen LogP contribution in [-0.4, -0.2) is 24.2 Å². The molecular weight excluding hydrogens is 330 g/mol. The van der Waals surface area contributed by atoms with Crippen molar-refractivity contribution in [3.8, 4) is 0 Å². The van der Waals surface area contributed by atoms with Gasteiger partial charge in [-0.15, -0.1) is 0 Å². The van der Waals surface area contributed by atoms with E-state index in [4.69, 9.17) is 4.55 Å². The van der Waals surface area contributed by atoms with Crippen LogP contribution in [0.5, 0.6) is 0 Å². The molecule has 3 aromatic rings. The molecule has 0 saturated carbocycles. The Kier molecular flexibility index (Phi) is 4.50. The molecule has 3 rings (SSSR count). The Labute approximate surface area is 139 Å². The molecule has 122 valence electrons. The third-order valence-electron chi connectivity index (χ3n) is 3.39. The van der Waals surface area contributed by atoms with Gasteiger partial charge >= 0.3 is 0 Å². The Morgan fingerprint density at radius 1 is 1.17 bits per heavy atom. The number of hydrogen-bond donors (Lipinski definition) is 2. The van der Waals surface area contributed by atoms with Crippen LogP contribution in [0.15, 0.2) is 64.5 Å². The Hall–Kier alpha value is -2.84. The van der Waals surface area contributed by atoms with Gasteiger partial charge < -0.3 is 9.87 Å². The van der Waals surface area contributed by atoms with Crippen LogP contribution < -0.4 is 10.9 Å². The number of hydrogen-bond acceptors (Lipinski definition) is 4. The van der Waals surface area contributed by atoms with Gasteiger partial charge in [0.15, 0.2) is 11.1 Å². The van der Waals surface area contributed by atoms with Crippen molar-refractivity contribution >= 4 is 33.6 Å². The third-order valence-corrected chi connectivity index (χ3v) is 4.06. The number of para-hydroxylation sites is 1. The summed E-state index contributed by atoms with van der Waals surface area (Å²) < 4.78 is 21.1. The average Bonchev–Trinajstić information content (AvgIpc) is 2.58. The van der Waals surface area contributed by atoms with Crippen molar-refractivity contribution in [1.82, 2.24) is 9.55 Å². The first-order chi connectivity index (χ1) is 11.5. The number of anilines is 1. The van der Waals surface area contributed by atoms with Crippen molar-refractivity contribution in [2.45, 2.75) is 11.4 Å². The van der Waals surface area contributed by atoms with Crippen LogP contribution in [0, 0.1) is 0 Å². The minimum absolute atomic E-state index is 0.176. The fourth-order valence-electron chi connectivity index (χ4n) is 2.23. The van der Waals surface area contributed by atoms with E-state index in [2.05, 4.69) is 10.3 Å². The van der Waals surface area contributed by atoms with Crippen LogP contribution in [-0.2, 0) is 22.4 Å². The Balaban J connectivity index is 1.76. The second kappa shape index (κ2) is 6.73. The van der Waals surface area contributed by atoms with E-state index in [1.807, 2.05) is 0 Å². The lowest BCUT2D eigenvalue weighted by atomic mass is 10.2. The lowest BCUT2D eigenvalue weighted by Crippen LogP contribution is -2.27. The number of benzene rings is 2. The highest BCUT2D eigenvalue weighted by atomic mass is 32.2. The van der Waals surface area contributed by atoms with Gasteiger partial charge in [-0.2, -0.15) is 0 Å². The summed E-state index contributed by atoms with van der Waals surface area (Å²) in [5.41, 5.74) is 0.754. The highest BCUT2D eigenvalue weighted by Gasteiger charge is 2.08. The Morgan fingerprint density at radius 3 is 2.58 bits per heavy atom. The van der Waals surface area contributed by atoms with Gasteiger partial charge in [0.1, 0.15) is 6.54 Å². The number of amides is 1. The predicted molar refractivity (Wildman–Crippen MR) is 90.1 cm³/mol. The lowest BCUT2D eigenvalue weighted by Gasteiger charge is -2.08. The molecule has 0 spiro atoms. The van der Waals surface area contributed by atoms with Crippen LogP contribution >= 0.6 is 0 Å². The number of rotatable bonds is 4. The molecule has 1 aromatic heterocycles. The van der Waals surface area contributed by atoms with E-state index in [0.717, 1.165) is 0 Å². The Morgan fingerprint density at radius 2 is 1.88 bits per heavy atom. The van der Waals surface area contributed by atoms with E-state index in [1.165, 1.54) is 35.2 Å². The highest BCUT2D eigenvalue weighted by Crippen LogP contribution is 2.12. The maximum Gasteiger partial charge on any atom is 0.261 e. The molecule has 24 heavy (non-hydrogen) atoms. The largest absolute Gasteiger partial charge is 0.325 e. The molecule has 1 amide bonds. The summed E-state index contributed by atoms with van der Waals surface area (Å²) in [7, 11) is 0. The van der Waals surface area contributed by atoms with Gasteiger partial charge in [-0.1, -0.05) is 12.1 Å². The van der Waals surface area contributed by atoms with Crippen molar-refractivity contribution in [3.05, 3.63) is 65.2 Å². The van der Waals surface area contributed by atoms with E-state index >= 15 is 0 Å². The van der Waals surface area contributed by atoms with Crippen LogP contribution in [0.1, 0.15) is 0 Å². The second-order valence-corrected chi connectivity index (χ2v) is 5.99. The number of aromatic nitrogens is 2. The Bertz CT molecular complexity index is 983. The standard InChI is InChI=1S/C16H13N3O4S/c20-15(18-11-5-7-12(8-6-11)24(22)23)9-19-10-17-14-4-2-1-3-13(14)16(19)21/h1-8,10H,9H2,(H,18,20)(H,22,23). The summed E-state index contributed by atoms with van der Waals surface area (Å²) in [4.78, 5) is 28.8. The quantitative estimate of drug-likeness (QED) is 0.701. The van der Waals surface area contributed by atoms with E-state index < -0.39 is 17.0 Å².